The molecule has 0 spiro atoms. The van der Waals surface area contributed by atoms with Gasteiger partial charge in [-0.1, -0.05) is 18.9 Å². The lowest BCUT2D eigenvalue weighted by molar-refractivity contribution is -0.139. The van der Waals surface area contributed by atoms with Crippen LogP contribution in [0.15, 0.2) is 28.8 Å². The zero-order chi connectivity index (χ0) is 17.6. The van der Waals surface area contributed by atoms with Gasteiger partial charge in [0.1, 0.15) is 0 Å². The van der Waals surface area contributed by atoms with E-state index in [2.05, 4.69) is 15.5 Å². The summed E-state index contributed by atoms with van der Waals surface area (Å²) in [6.07, 6.45) is 4.79. The van der Waals surface area contributed by atoms with Crippen molar-refractivity contribution < 1.29 is 14.3 Å². The molecule has 0 aromatic carbocycles. The van der Waals surface area contributed by atoms with Gasteiger partial charge < -0.3 is 15.4 Å². The highest BCUT2D eigenvalue weighted by molar-refractivity contribution is 7.10. The number of thiophene rings is 1. The fraction of sp³-hybridized carbons (Fsp3) is 0.556. The van der Waals surface area contributed by atoms with Crippen LogP contribution in [0, 0.1) is 0 Å². The number of nitrogens with zero attached hydrogens (tertiary/aromatic N) is 1. The van der Waals surface area contributed by atoms with E-state index in [1.165, 1.54) is 24.2 Å². The molecule has 3 rings (SSSR count). The van der Waals surface area contributed by atoms with Gasteiger partial charge in [-0.25, -0.2) is 9.59 Å². The van der Waals surface area contributed by atoms with E-state index in [-0.39, 0.29) is 12.0 Å². The van der Waals surface area contributed by atoms with Gasteiger partial charge in [0, 0.05) is 17.1 Å². The van der Waals surface area contributed by atoms with Gasteiger partial charge in [0.2, 0.25) is 0 Å². The van der Waals surface area contributed by atoms with Crippen molar-refractivity contribution in [2.75, 3.05) is 26.2 Å². The molecule has 25 heavy (non-hydrogen) atoms. The number of urea groups is 1. The van der Waals surface area contributed by atoms with Crippen LogP contribution >= 0.6 is 11.3 Å². The summed E-state index contributed by atoms with van der Waals surface area (Å²) in [6, 6.07) is 3.14. The second kappa shape index (κ2) is 8.49. The lowest BCUT2D eigenvalue weighted by atomic mass is 10.0. The summed E-state index contributed by atoms with van der Waals surface area (Å²) in [5.41, 5.74) is 1.19. The average molecular weight is 363 g/mol. The Hall–Kier alpha value is -1.86. The monoisotopic (exact) mass is 363 g/mol. The number of esters is 1. The standard InChI is InChI=1S/C18H25N3O3S/c1-2-24-17(22)15-13(12-21-9-5-3-4-6-10-21)19-18(23)20-16(15)14-8-7-11-25-14/h7-8,11,16H,2-6,9-10,12H2,1H3,(H2,19,20,23). The molecule has 2 aliphatic rings. The molecule has 1 aromatic heterocycles. The summed E-state index contributed by atoms with van der Waals surface area (Å²) in [6.45, 7) is 4.66. The van der Waals surface area contributed by atoms with E-state index in [1.54, 1.807) is 6.92 Å². The van der Waals surface area contributed by atoms with Crippen LogP contribution in [0.1, 0.15) is 43.5 Å². The molecule has 136 valence electrons. The third kappa shape index (κ3) is 4.41. The van der Waals surface area contributed by atoms with Crippen LogP contribution in [0.4, 0.5) is 4.79 Å². The predicted octanol–water partition coefficient (Wildman–Crippen LogP) is 2.80. The fourth-order valence-electron chi connectivity index (χ4n) is 3.38. The van der Waals surface area contributed by atoms with E-state index in [1.807, 2.05) is 17.5 Å². The van der Waals surface area contributed by atoms with Crippen molar-refractivity contribution in [3.63, 3.8) is 0 Å². The van der Waals surface area contributed by atoms with E-state index < -0.39 is 6.04 Å². The van der Waals surface area contributed by atoms with Gasteiger partial charge in [-0.15, -0.1) is 11.3 Å². The van der Waals surface area contributed by atoms with Gasteiger partial charge in [-0.3, -0.25) is 4.90 Å². The zero-order valence-electron chi connectivity index (χ0n) is 14.5. The Bertz CT molecular complexity index is 634. The van der Waals surface area contributed by atoms with Crippen LogP contribution < -0.4 is 10.6 Å². The first-order chi connectivity index (χ1) is 12.2. The molecule has 0 bridgehead atoms. The molecule has 1 saturated heterocycles. The Balaban J connectivity index is 1.92. The number of rotatable bonds is 5. The third-order valence-corrected chi connectivity index (χ3v) is 5.49. The van der Waals surface area contributed by atoms with Crippen LogP contribution in [-0.2, 0) is 9.53 Å². The molecule has 6 nitrogen and oxygen atoms in total. The van der Waals surface area contributed by atoms with E-state index in [4.69, 9.17) is 4.74 Å². The minimum Gasteiger partial charge on any atom is -0.463 e. The summed E-state index contributed by atoms with van der Waals surface area (Å²) in [5, 5.41) is 7.67. The molecule has 1 aromatic rings. The number of nitrogens with one attached hydrogen (secondary N) is 2. The van der Waals surface area contributed by atoms with Crippen molar-refractivity contribution >= 4 is 23.3 Å². The molecule has 1 fully saturated rings. The van der Waals surface area contributed by atoms with Gasteiger partial charge in [0.05, 0.1) is 18.2 Å². The lowest BCUT2D eigenvalue weighted by Crippen LogP contribution is -2.48. The van der Waals surface area contributed by atoms with Crippen molar-refractivity contribution in [2.45, 2.75) is 38.6 Å². The molecule has 3 heterocycles. The Morgan fingerprint density at radius 3 is 2.72 bits per heavy atom. The van der Waals surface area contributed by atoms with Crippen LogP contribution in [0.5, 0.6) is 0 Å². The highest BCUT2D eigenvalue weighted by atomic mass is 32.1. The first-order valence-corrected chi connectivity index (χ1v) is 9.80. The number of hydrogen-bond donors (Lipinski definition) is 2. The normalized spacial score (nSPS) is 22.1. The van der Waals surface area contributed by atoms with E-state index in [9.17, 15) is 9.59 Å². The molecular weight excluding hydrogens is 338 g/mol. The van der Waals surface area contributed by atoms with Gasteiger partial charge in [-0.2, -0.15) is 0 Å². The summed E-state index contributed by atoms with van der Waals surface area (Å²) >= 11 is 1.52. The summed E-state index contributed by atoms with van der Waals surface area (Å²) in [5.74, 6) is -0.363. The number of amides is 2. The molecule has 7 heteroatoms. The molecule has 1 atom stereocenters. The second-order valence-electron chi connectivity index (χ2n) is 6.35. The molecule has 1 unspecified atom stereocenters. The smallest absolute Gasteiger partial charge is 0.338 e. The molecule has 2 N–H and O–H groups in total. The molecule has 0 aliphatic carbocycles. The van der Waals surface area contributed by atoms with Crippen molar-refractivity contribution in [2.24, 2.45) is 0 Å². The van der Waals surface area contributed by atoms with E-state index >= 15 is 0 Å². The quantitative estimate of drug-likeness (QED) is 0.789. The van der Waals surface area contributed by atoms with Crippen molar-refractivity contribution in [3.05, 3.63) is 33.7 Å². The predicted molar refractivity (Wildman–Crippen MR) is 97.3 cm³/mol. The average Bonchev–Trinajstić information content (AvgIpc) is 3.00. The fourth-order valence-corrected chi connectivity index (χ4v) is 4.16. The maximum absolute atomic E-state index is 12.6. The number of carbonyl (C=O) groups is 2. The Kier molecular flexibility index (Phi) is 6.09. The van der Waals surface area contributed by atoms with Gasteiger partial charge in [0.15, 0.2) is 0 Å². The Morgan fingerprint density at radius 2 is 2.08 bits per heavy atom. The molecular formula is C18H25N3O3S. The van der Waals surface area contributed by atoms with Crippen LogP contribution in [-0.4, -0.2) is 43.1 Å². The first-order valence-electron chi connectivity index (χ1n) is 8.92. The number of ether oxygens (including phenoxy) is 1. The maximum atomic E-state index is 12.6. The van der Waals surface area contributed by atoms with Crippen LogP contribution in [0.2, 0.25) is 0 Å². The number of hydrogen-bond acceptors (Lipinski definition) is 5. The Labute approximate surface area is 152 Å². The highest BCUT2D eigenvalue weighted by Gasteiger charge is 2.34. The zero-order valence-corrected chi connectivity index (χ0v) is 15.4. The number of carbonyl (C=O) groups excluding carboxylic acids is 2. The van der Waals surface area contributed by atoms with Crippen molar-refractivity contribution in [1.29, 1.82) is 0 Å². The minimum atomic E-state index is -0.449. The summed E-state index contributed by atoms with van der Waals surface area (Å²) < 4.78 is 5.29. The SMILES string of the molecule is CCOC(=O)C1=C(CN2CCCCCC2)NC(=O)NC1c1cccs1. The summed E-state index contributed by atoms with van der Waals surface area (Å²) in [7, 11) is 0. The van der Waals surface area contributed by atoms with Gasteiger partial charge in [-0.05, 0) is 44.3 Å². The first kappa shape index (κ1) is 17.9. The molecule has 0 radical (unpaired) electrons. The second-order valence-corrected chi connectivity index (χ2v) is 7.33. The van der Waals surface area contributed by atoms with Gasteiger partial charge in [0.25, 0.3) is 0 Å². The van der Waals surface area contributed by atoms with Crippen LogP contribution in [0.3, 0.4) is 0 Å². The maximum Gasteiger partial charge on any atom is 0.338 e. The minimum absolute atomic E-state index is 0.267. The number of likely N-dealkylation sites (tertiary alicyclic amines) is 1. The van der Waals surface area contributed by atoms with Crippen molar-refractivity contribution in [3.8, 4) is 0 Å². The van der Waals surface area contributed by atoms with Crippen LogP contribution in [0.25, 0.3) is 0 Å². The Morgan fingerprint density at radius 1 is 1.32 bits per heavy atom. The summed E-state index contributed by atoms with van der Waals surface area (Å²) in [4.78, 5) is 28.1. The lowest BCUT2D eigenvalue weighted by Gasteiger charge is -2.31. The largest absolute Gasteiger partial charge is 0.463 e. The molecule has 0 saturated carbocycles. The topological polar surface area (TPSA) is 70.7 Å². The third-order valence-electron chi connectivity index (χ3n) is 4.56. The van der Waals surface area contributed by atoms with E-state index in [0.29, 0.717) is 24.4 Å². The van der Waals surface area contributed by atoms with Crippen molar-refractivity contribution in [1.82, 2.24) is 15.5 Å². The molecule has 2 amide bonds. The van der Waals surface area contributed by atoms with E-state index in [0.717, 1.165) is 30.8 Å². The molecule has 2 aliphatic heterocycles. The van der Waals surface area contributed by atoms with Gasteiger partial charge >= 0.3 is 12.0 Å². The highest BCUT2D eigenvalue weighted by Crippen LogP contribution is 2.31.